The molecular formula is C14H12BrN3O. The van der Waals surface area contributed by atoms with Crippen LogP contribution in [0.4, 0.5) is 0 Å². The second-order valence-corrected chi connectivity index (χ2v) is 4.97. The molecule has 2 N–H and O–H groups in total. The number of halogens is 1. The second kappa shape index (κ2) is 5.03. The average Bonchev–Trinajstić information content (AvgIpc) is 2.78. The molecule has 0 fully saturated rings. The Bertz CT molecular complexity index is 706. The van der Waals surface area contributed by atoms with E-state index in [2.05, 4.69) is 20.9 Å². The fourth-order valence-corrected chi connectivity index (χ4v) is 2.17. The van der Waals surface area contributed by atoms with E-state index in [1.54, 1.807) is 0 Å². The molecule has 0 saturated heterocycles. The summed E-state index contributed by atoms with van der Waals surface area (Å²) in [6, 6.07) is 13.4. The van der Waals surface area contributed by atoms with Gasteiger partial charge in [-0.25, -0.2) is 0 Å². The quantitative estimate of drug-likeness (QED) is 0.806. The molecule has 3 aromatic rings. The van der Waals surface area contributed by atoms with Gasteiger partial charge in [0.25, 0.3) is 0 Å². The minimum Gasteiger partial charge on any atom is -0.437 e. The van der Waals surface area contributed by atoms with Gasteiger partial charge in [-0.2, -0.15) is 4.98 Å². The number of pyridine rings is 1. The Labute approximate surface area is 119 Å². The molecule has 0 saturated carbocycles. The first-order valence-corrected chi connectivity index (χ1v) is 6.66. The van der Waals surface area contributed by atoms with Gasteiger partial charge in [0.05, 0.1) is 0 Å². The molecule has 0 aliphatic rings. The average molecular weight is 318 g/mol. The maximum atomic E-state index is 5.81. The van der Waals surface area contributed by atoms with Crippen LogP contribution in [-0.2, 0) is 6.54 Å². The smallest absolute Gasteiger partial charge is 0.242 e. The molecule has 4 nitrogen and oxygen atoms in total. The fraction of sp³-hybridized carbons (Fsp3) is 0.0714. The van der Waals surface area contributed by atoms with Crippen molar-refractivity contribution in [3.05, 3.63) is 58.8 Å². The summed E-state index contributed by atoms with van der Waals surface area (Å²) in [6.45, 7) is 0.372. The molecule has 0 aliphatic heterocycles. The number of nitrogens with two attached hydrogens (primary N) is 1. The maximum Gasteiger partial charge on any atom is 0.242 e. The van der Waals surface area contributed by atoms with Gasteiger partial charge in [-0.1, -0.05) is 22.0 Å². The van der Waals surface area contributed by atoms with Crippen LogP contribution in [0.1, 0.15) is 5.69 Å². The fourth-order valence-electron chi connectivity index (χ4n) is 1.91. The number of rotatable bonds is 3. The van der Waals surface area contributed by atoms with Crippen molar-refractivity contribution in [2.24, 2.45) is 5.73 Å². The molecule has 5 heteroatoms. The zero-order valence-corrected chi connectivity index (χ0v) is 11.7. The standard InChI is InChI=1S/C14H12BrN3O/c15-10-4-6-11(7-5-10)19-14-12(9-16)18-8-2-1-3-13(18)17-14/h1-8H,9,16H2. The Balaban J connectivity index is 2.02. The van der Waals surface area contributed by atoms with Crippen molar-refractivity contribution in [1.29, 1.82) is 0 Å². The highest BCUT2D eigenvalue weighted by Crippen LogP contribution is 2.26. The van der Waals surface area contributed by atoms with Gasteiger partial charge in [-0.15, -0.1) is 0 Å². The lowest BCUT2D eigenvalue weighted by atomic mass is 10.3. The minimum atomic E-state index is 0.372. The predicted molar refractivity (Wildman–Crippen MR) is 77.3 cm³/mol. The lowest BCUT2D eigenvalue weighted by Gasteiger charge is -2.04. The third-order valence-electron chi connectivity index (χ3n) is 2.81. The van der Waals surface area contributed by atoms with Crippen molar-refractivity contribution in [3.63, 3.8) is 0 Å². The van der Waals surface area contributed by atoms with E-state index in [0.717, 1.165) is 21.6 Å². The van der Waals surface area contributed by atoms with E-state index in [4.69, 9.17) is 10.5 Å². The SMILES string of the molecule is NCc1c(Oc2ccc(Br)cc2)nc2ccccn12. The lowest BCUT2D eigenvalue weighted by molar-refractivity contribution is 0.459. The van der Waals surface area contributed by atoms with Crippen molar-refractivity contribution in [2.45, 2.75) is 6.54 Å². The van der Waals surface area contributed by atoms with Gasteiger partial charge < -0.3 is 10.5 Å². The number of hydrogen-bond donors (Lipinski definition) is 1. The summed E-state index contributed by atoms with van der Waals surface area (Å²) >= 11 is 3.39. The maximum absolute atomic E-state index is 5.81. The van der Waals surface area contributed by atoms with Crippen LogP contribution in [0, 0.1) is 0 Å². The summed E-state index contributed by atoms with van der Waals surface area (Å²) < 4.78 is 8.75. The minimum absolute atomic E-state index is 0.372. The summed E-state index contributed by atoms with van der Waals surface area (Å²) in [4.78, 5) is 4.45. The van der Waals surface area contributed by atoms with Gasteiger partial charge in [-0.05, 0) is 36.4 Å². The Morgan fingerprint density at radius 1 is 1.16 bits per heavy atom. The molecule has 96 valence electrons. The van der Waals surface area contributed by atoms with Gasteiger partial charge in [0, 0.05) is 17.2 Å². The summed E-state index contributed by atoms with van der Waals surface area (Å²) in [6.07, 6.45) is 1.93. The highest BCUT2D eigenvalue weighted by atomic mass is 79.9. The number of hydrogen-bond acceptors (Lipinski definition) is 3. The van der Waals surface area contributed by atoms with Crippen molar-refractivity contribution in [3.8, 4) is 11.6 Å². The van der Waals surface area contributed by atoms with E-state index in [-0.39, 0.29) is 0 Å². The Morgan fingerprint density at radius 2 is 1.95 bits per heavy atom. The molecule has 2 heterocycles. The molecule has 0 unspecified atom stereocenters. The molecule has 0 aliphatic carbocycles. The van der Waals surface area contributed by atoms with Crippen LogP contribution in [0.5, 0.6) is 11.6 Å². The van der Waals surface area contributed by atoms with Crippen LogP contribution in [0.3, 0.4) is 0 Å². The van der Waals surface area contributed by atoms with Crippen molar-refractivity contribution in [2.75, 3.05) is 0 Å². The Hall–Kier alpha value is -1.85. The van der Waals surface area contributed by atoms with E-state index >= 15 is 0 Å². The van der Waals surface area contributed by atoms with Crippen LogP contribution in [0.2, 0.25) is 0 Å². The van der Waals surface area contributed by atoms with E-state index in [1.807, 2.05) is 53.1 Å². The molecule has 0 radical (unpaired) electrons. The van der Waals surface area contributed by atoms with Crippen LogP contribution in [0.15, 0.2) is 53.1 Å². The van der Waals surface area contributed by atoms with E-state index in [0.29, 0.717) is 12.4 Å². The van der Waals surface area contributed by atoms with Crippen LogP contribution in [0.25, 0.3) is 5.65 Å². The van der Waals surface area contributed by atoms with E-state index in [9.17, 15) is 0 Å². The number of ether oxygens (including phenoxy) is 1. The molecule has 0 spiro atoms. The van der Waals surface area contributed by atoms with Gasteiger partial charge >= 0.3 is 0 Å². The molecule has 3 rings (SSSR count). The highest BCUT2D eigenvalue weighted by Gasteiger charge is 2.12. The monoisotopic (exact) mass is 317 g/mol. The van der Waals surface area contributed by atoms with Crippen LogP contribution < -0.4 is 10.5 Å². The third-order valence-corrected chi connectivity index (χ3v) is 3.34. The Kier molecular flexibility index (Phi) is 3.23. The van der Waals surface area contributed by atoms with Gasteiger partial charge in [0.2, 0.25) is 5.88 Å². The number of benzene rings is 1. The highest BCUT2D eigenvalue weighted by molar-refractivity contribution is 9.10. The van der Waals surface area contributed by atoms with Crippen molar-refractivity contribution in [1.82, 2.24) is 9.38 Å². The normalized spacial score (nSPS) is 10.8. The second-order valence-electron chi connectivity index (χ2n) is 4.05. The van der Waals surface area contributed by atoms with Gasteiger partial charge in [-0.3, -0.25) is 4.40 Å². The van der Waals surface area contributed by atoms with Crippen molar-refractivity contribution >= 4 is 21.6 Å². The van der Waals surface area contributed by atoms with E-state index in [1.165, 1.54) is 0 Å². The number of imidazole rings is 1. The first-order chi connectivity index (χ1) is 9.28. The summed E-state index contributed by atoms with van der Waals surface area (Å²) in [7, 11) is 0. The molecule has 1 aromatic carbocycles. The summed E-state index contributed by atoms with van der Waals surface area (Å²) in [5, 5.41) is 0. The predicted octanol–water partition coefficient (Wildman–Crippen LogP) is 3.35. The van der Waals surface area contributed by atoms with Gasteiger partial charge in [0.15, 0.2) is 0 Å². The number of aromatic nitrogens is 2. The molecule has 0 atom stereocenters. The molecule has 0 bridgehead atoms. The first-order valence-electron chi connectivity index (χ1n) is 5.87. The molecule has 19 heavy (non-hydrogen) atoms. The largest absolute Gasteiger partial charge is 0.437 e. The topological polar surface area (TPSA) is 52.5 Å². The van der Waals surface area contributed by atoms with E-state index < -0.39 is 0 Å². The zero-order chi connectivity index (χ0) is 13.2. The first kappa shape index (κ1) is 12.2. The van der Waals surface area contributed by atoms with Crippen LogP contribution >= 0.6 is 15.9 Å². The Morgan fingerprint density at radius 3 is 2.68 bits per heavy atom. The summed E-state index contributed by atoms with van der Waals surface area (Å²) in [5.41, 5.74) is 7.48. The van der Waals surface area contributed by atoms with Gasteiger partial charge in [0.1, 0.15) is 17.1 Å². The lowest BCUT2D eigenvalue weighted by Crippen LogP contribution is -2.02. The third kappa shape index (κ3) is 2.34. The molecular weight excluding hydrogens is 306 g/mol. The zero-order valence-electron chi connectivity index (χ0n) is 10.1. The number of fused-ring (bicyclic) bond motifs is 1. The molecule has 0 amide bonds. The van der Waals surface area contributed by atoms with Crippen LogP contribution in [-0.4, -0.2) is 9.38 Å². The van der Waals surface area contributed by atoms with Crippen molar-refractivity contribution < 1.29 is 4.74 Å². The number of nitrogens with zero attached hydrogens (tertiary/aromatic N) is 2. The molecule has 2 aromatic heterocycles. The summed E-state index contributed by atoms with van der Waals surface area (Å²) in [5.74, 6) is 1.29.